The number of benzene rings is 2. The predicted molar refractivity (Wildman–Crippen MR) is 122 cm³/mol. The first-order valence-electron chi connectivity index (χ1n) is 10.3. The fraction of sp³-hybridized carbons (Fsp3) is 0.435. The highest BCUT2D eigenvalue weighted by Gasteiger charge is 2.28. The van der Waals surface area contributed by atoms with Crippen molar-refractivity contribution in [2.75, 3.05) is 26.2 Å². The summed E-state index contributed by atoms with van der Waals surface area (Å²) in [7, 11) is 0. The fourth-order valence-electron chi connectivity index (χ4n) is 4.27. The predicted octanol–water partition coefficient (Wildman–Crippen LogP) is 5.99. The van der Waals surface area contributed by atoms with Crippen LogP contribution in [0.3, 0.4) is 0 Å². The van der Waals surface area contributed by atoms with E-state index in [1.165, 1.54) is 25.9 Å². The summed E-state index contributed by atoms with van der Waals surface area (Å²) < 4.78 is 0. The van der Waals surface area contributed by atoms with Crippen LogP contribution in [0.1, 0.15) is 41.6 Å². The zero-order valence-corrected chi connectivity index (χ0v) is 18.8. The second-order valence-corrected chi connectivity index (χ2v) is 9.69. The standard InChI is InChI=1S/C23H26Cl2N2OS/c24-19-6-7-21(25)22(15-19)29-16-17-4-3-5-18(14-17)23(28)27-12-8-20(9-13-27)26-10-1-2-11-26/h3-7,14-15,20H,1-2,8-13,16H2. The molecule has 0 N–H and O–H groups in total. The van der Waals surface area contributed by atoms with E-state index in [4.69, 9.17) is 23.2 Å². The molecule has 6 heteroatoms. The van der Waals surface area contributed by atoms with Gasteiger partial charge in [0.05, 0.1) is 5.02 Å². The molecule has 2 aliphatic heterocycles. The monoisotopic (exact) mass is 448 g/mol. The van der Waals surface area contributed by atoms with Crippen molar-refractivity contribution in [3.63, 3.8) is 0 Å². The molecule has 0 atom stereocenters. The zero-order valence-electron chi connectivity index (χ0n) is 16.4. The third-order valence-electron chi connectivity index (χ3n) is 5.87. The summed E-state index contributed by atoms with van der Waals surface area (Å²) >= 11 is 14.0. The molecule has 2 aliphatic rings. The van der Waals surface area contributed by atoms with Crippen LogP contribution in [0, 0.1) is 0 Å². The second-order valence-electron chi connectivity index (χ2n) is 7.83. The summed E-state index contributed by atoms with van der Waals surface area (Å²) in [4.78, 5) is 18.6. The van der Waals surface area contributed by atoms with Crippen LogP contribution >= 0.6 is 35.0 Å². The number of carbonyl (C=O) groups is 1. The number of carbonyl (C=O) groups excluding carboxylic acids is 1. The van der Waals surface area contributed by atoms with E-state index in [2.05, 4.69) is 11.0 Å². The van der Waals surface area contributed by atoms with Gasteiger partial charge < -0.3 is 9.80 Å². The minimum absolute atomic E-state index is 0.150. The van der Waals surface area contributed by atoms with Gasteiger partial charge in [-0.15, -0.1) is 11.8 Å². The number of amides is 1. The summed E-state index contributed by atoms with van der Waals surface area (Å²) in [5.41, 5.74) is 1.89. The van der Waals surface area contributed by atoms with E-state index in [0.29, 0.717) is 16.1 Å². The topological polar surface area (TPSA) is 23.6 Å². The molecule has 1 amide bonds. The number of halogens is 2. The van der Waals surface area contributed by atoms with Crippen molar-refractivity contribution in [2.45, 2.75) is 42.4 Å². The highest BCUT2D eigenvalue weighted by molar-refractivity contribution is 7.98. The number of thioether (sulfide) groups is 1. The maximum atomic E-state index is 13.0. The van der Waals surface area contributed by atoms with E-state index in [1.807, 2.05) is 35.2 Å². The lowest BCUT2D eigenvalue weighted by atomic mass is 10.0. The van der Waals surface area contributed by atoms with Crippen molar-refractivity contribution in [1.82, 2.24) is 9.80 Å². The van der Waals surface area contributed by atoms with Gasteiger partial charge in [-0.2, -0.15) is 0 Å². The van der Waals surface area contributed by atoms with Gasteiger partial charge in [0.25, 0.3) is 5.91 Å². The Kier molecular flexibility index (Phi) is 7.07. The summed E-state index contributed by atoms with van der Waals surface area (Å²) in [5, 5.41) is 1.38. The van der Waals surface area contributed by atoms with Gasteiger partial charge in [-0.1, -0.05) is 35.3 Å². The lowest BCUT2D eigenvalue weighted by Gasteiger charge is -2.36. The van der Waals surface area contributed by atoms with Gasteiger partial charge in [0.1, 0.15) is 0 Å². The first kappa shape index (κ1) is 21.0. The number of hydrogen-bond acceptors (Lipinski definition) is 3. The number of hydrogen-bond donors (Lipinski definition) is 0. The number of rotatable bonds is 5. The lowest BCUT2D eigenvalue weighted by molar-refractivity contribution is 0.0644. The molecule has 0 bridgehead atoms. The van der Waals surface area contributed by atoms with Crippen molar-refractivity contribution in [3.8, 4) is 0 Å². The average molecular weight is 449 g/mol. The van der Waals surface area contributed by atoms with Crippen molar-refractivity contribution in [3.05, 3.63) is 63.6 Å². The molecule has 0 aliphatic carbocycles. The first-order chi connectivity index (χ1) is 14.1. The van der Waals surface area contributed by atoms with Crippen molar-refractivity contribution < 1.29 is 4.79 Å². The second kappa shape index (κ2) is 9.74. The summed E-state index contributed by atoms with van der Waals surface area (Å²) in [6.45, 7) is 4.18. The molecule has 0 saturated carbocycles. The minimum atomic E-state index is 0.150. The minimum Gasteiger partial charge on any atom is -0.339 e. The summed E-state index contributed by atoms with van der Waals surface area (Å²) in [6.07, 6.45) is 4.83. The molecule has 0 aromatic heterocycles. The lowest BCUT2D eigenvalue weighted by Crippen LogP contribution is -2.45. The van der Waals surface area contributed by atoms with E-state index in [0.717, 1.165) is 47.7 Å². The fourth-order valence-corrected chi connectivity index (χ4v) is 5.70. The van der Waals surface area contributed by atoms with Gasteiger partial charge in [-0.05, 0) is 74.7 Å². The molecule has 29 heavy (non-hydrogen) atoms. The normalized spacial score (nSPS) is 18.3. The van der Waals surface area contributed by atoms with Crippen molar-refractivity contribution in [2.24, 2.45) is 0 Å². The van der Waals surface area contributed by atoms with Crippen molar-refractivity contribution >= 4 is 40.9 Å². The Morgan fingerprint density at radius 1 is 1.00 bits per heavy atom. The average Bonchev–Trinajstić information content (AvgIpc) is 3.29. The smallest absolute Gasteiger partial charge is 0.253 e. The molecule has 0 unspecified atom stereocenters. The van der Waals surface area contributed by atoms with Crippen LogP contribution in [0.5, 0.6) is 0 Å². The molecule has 4 rings (SSSR count). The molecule has 2 aromatic carbocycles. The van der Waals surface area contributed by atoms with Gasteiger partial charge in [0.15, 0.2) is 0 Å². The third-order valence-corrected chi connectivity index (χ3v) is 7.67. The Morgan fingerprint density at radius 2 is 1.76 bits per heavy atom. The van der Waals surface area contributed by atoms with E-state index < -0.39 is 0 Å². The van der Waals surface area contributed by atoms with Crippen LogP contribution in [0.25, 0.3) is 0 Å². The molecule has 2 aromatic rings. The van der Waals surface area contributed by atoms with Gasteiger partial charge >= 0.3 is 0 Å². The molecule has 2 saturated heterocycles. The van der Waals surface area contributed by atoms with Gasteiger partial charge in [-0.3, -0.25) is 4.79 Å². The van der Waals surface area contributed by atoms with Gasteiger partial charge in [0.2, 0.25) is 0 Å². The summed E-state index contributed by atoms with van der Waals surface area (Å²) in [5.74, 6) is 0.899. The van der Waals surface area contributed by atoms with Crippen LogP contribution in [0.15, 0.2) is 47.4 Å². The SMILES string of the molecule is O=C(c1cccc(CSc2cc(Cl)ccc2Cl)c1)N1CCC(N2CCCC2)CC1. The van der Waals surface area contributed by atoms with Gasteiger partial charge in [0, 0.05) is 40.4 Å². The van der Waals surface area contributed by atoms with E-state index in [1.54, 1.807) is 17.8 Å². The maximum absolute atomic E-state index is 13.0. The van der Waals surface area contributed by atoms with Crippen molar-refractivity contribution in [1.29, 1.82) is 0 Å². The molecule has 0 spiro atoms. The zero-order chi connectivity index (χ0) is 20.2. The largest absolute Gasteiger partial charge is 0.339 e. The first-order valence-corrected chi connectivity index (χ1v) is 12.0. The van der Waals surface area contributed by atoms with E-state index in [9.17, 15) is 4.79 Å². The third kappa shape index (κ3) is 5.29. The van der Waals surface area contributed by atoms with Crippen LogP contribution in [0.2, 0.25) is 10.0 Å². The Morgan fingerprint density at radius 3 is 2.52 bits per heavy atom. The molecule has 0 radical (unpaired) electrons. The Labute approximate surface area is 187 Å². The van der Waals surface area contributed by atoms with Gasteiger partial charge in [-0.25, -0.2) is 0 Å². The molecule has 154 valence electrons. The van der Waals surface area contributed by atoms with E-state index >= 15 is 0 Å². The van der Waals surface area contributed by atoms with Crippen LogP contribution in [-0.4, -0.2) is 47.9 Å². The molecular weight excluding hydrogens is 423 g/mol. The molecule has 2 heterocycles. The number of likely N-dealkylation sites (tertiary alicyclic amines) is 2. The van der Waals surface area contributed by atoms with E-state index in [-0.39, 0.29) is 5.91 Å². The molecule has 3 nitrogen and oxygen atoms in total. The summed E-state index contributed by atoms with van der Waals surface area (Å²) in [6, 6.07) is 14.1. The highest BCUT2D eigenvalue weighted by Crippen LogP contribution is 2.32. The maximum Gasteiger partial charge on any atom is 0.253 e. The molecule has 2 fully saturated rings. The van der Waals surface area contributed by atoms with Crippen LogP contribution in [-0.2, 0) is 5.75 Å². The molecular formula is C23H26Cl2N2OS. The number of piperidine rings is 1. The van der Waals surface area contributed by atoms with Crippen LogP contribution < -0.4 is 0 Å². The Hall–Kier alpha value is -1.20. The van der Waals surface area contributed by atoms with Crippen LogP contribution in [0.4, 0.5) is 0 Å². The Balaban J connectivity index is 1.35. The highest BCUT2D eigenvalue weighted by atomic mass is 35.5. The number of nitrogens with zero attached hydrogens (tertiary/aromatic N) is 2. The quantitative estimate of drug-likeness (QED) is 0.524. The Bertz CT molecular complexity index is 862.